The number of amides is 1. The Labute approximate surface area is 100 Å². The van der Waals surface area contributed by atoms with Gasteiger partial charge in [-0.25, -0.2) is 4.79 Å². The maximum atomic E-state index is 11.3. The number of hydrogen-bond acceptors (Lipinski definition) is 4. The summed E-state index contributed by atoms with van der Waals surface area (Å²) < 4.78 is 10.3. The van der Waals surface area contributed by atoms with Crippen molar-refractivity contribution in [1.29, 1.82) is 0 Å². The molecule has 0 aliphatic carbocycles. The van der Waals surface area contributed by atoms with Gasteiger partial charge in [-0.05, 0) is 27.2 Å². The minimum Gasteiger partial charge on any atom is -0.481 e. The second-order valence-corrected chi connectivity index (χ2v) is 5.11. The molecule has 1 amide bonds. The fraction of sp³-hybridized carbons (Fsp3) is 0.818. The molecule has 1 heterocycles. The van der Waals surface area contributed by atoms with Gasteiger partial charge in [-0.2, -0.15) is 0 Å². The van der Waals surface area contributed by atoms with Gasteiger partial charge in [0.2, 0.25) is 0 Å². The highest BCUT2D eigenvalue weighted by atomic mass is 16.6. The topological polar surface area (TPSA) is 84.9 Å². The normalized spacial score (nSPS) is 24.4. The highest BCUT2D eigenvalue weighted by molar-refractivity contribution is 5.70. The minimum absolute atomic E-state index is 0.204. The Morgan fingerprint density at radius 2 is 2.12 bits per heavy atom. The number of alkyl carbamates (subject to hydrolysis) is 1. The number of carbonyl (C=O) groups is 2. The van der Waals surface area contributed by atoms with Crippen molar-refractivity contribution in [2.45, 2.75) is 38.9 Å². The van der Waals surface area contributed by atoms with Crippen LogP contribution in [0.1, 0.15) is 27.2 Å². The molecule has 6 nitrogen and oxygen atoms in total. The van der Waals surface area contributed by atoms with Crippen LogP contribution in [0.4, 0.5) is 4.79 Å². The van der Waals surface area contributed by atoms with Gasteiger partial charge in [0.1, 0.15) is 5.60 Å². The number of rotatable bonds is 3. The van der Waals surface area contributed by atoms with Crippen molar-refractivity contribution >= 4 is 12.1 Å². The van der Waals surface area contributed by atoms with Crippen molar-refractivity contribution in [3.63, 3.8) is 0 Å². The van der Waals surface area contributed by atoms with Crippen molar-refractivity contribution < 1.29 is 24.2 Å². The van der Waals surface area contributed by atoms with Crippen LogP contribution in [0.5, 0.6) is 0 Å². The molecule has 2 atom stereocenters. The van der Waals surface area contributed by atoms with Crippen LogP contribution in [0.3, 0.4) is 0 Å². The Bertz CT molecular complexity index is 297. The van der Waals surface area contributed by atoms with E-state index in [-0.39, 0.29) is 19.3 Å². The van der Waals surface area contributed by atoms with E-state index in [4.69, 9.17) is 14.6 Å². The average molecular weight is 245 g/mol. The Morgan fingerprint density at radius 1 is 1.47 bits per heavy atom. The van der Waals surface area contributed by atoms with Crippen molar-refractivity contribution in [2.75, 3.05) is 13.2 Å². The number of nitrogens with one attached hydrogen (secondary N) is 1. The molecular weight excluding hydrogens is 226 g/mol. The third-order valence-corrected chi connectivity index (χ3v) is 2.30. The molecule has 0 aromatic heterocycles. The van der Waals surface area contributed by atoms with Crippen LogP contribution >= 0.6 is 0 Å². The smallest absolute Gasteiger partial charge is 0.407 e. The molecule has 0 unspecified atom stereocenters. The van der Waals surface area contributed by atoms with Gasteiger partial charge in [-0.1, -0.05) is 0 Å². The molecule has 17 heavy (non-hydrogen) atoms. The fourth-order valence-corrected chi connectivity index (χ4v) is 1.53. The Hall–Kier alpha value is -1.30. The molecule has 0 bridgehead atoms. The molecule has 1 fully saturated rings. The highest BCUT2D eigenvalue weighted by Gasteiger charge is 2.31. The quantitative estimate of drug-likeness (QED) is 0.774. The van der Waals surface area contributed by atoms with E-state index in [1.165, 1.54) is 0 Å². The van der Waals surface area contributed by atoms with E-state index < -0.39 is 23.6 Å². The Balaban J connectivity index is 2.24. The largest absolute Gasteiger partial charge is 0.481 e. The van der Waals surface area contributed by atoms with Gasteiger partial charge in [-0.15, -0.1) is 0 Å². The lowest BCUT2D eigenvalue weighted by Crippen LogP contribution is -2.36. The van der Waals surface area contributed by atoms with Crippen LogP contribution in [0.2, 0.25) is 0 Å². The minimum atomic E-state index is -0.857. The van der Waals surface area contributed by atoms with Crippen molar-refractivity contribution in [3.05, 3.63) is 0 Å². The van der Waals surface area contributed by atoms with E-state index >= 15 is 0 Å². The number of carbonyl (C=O) groups excluding carboxylic acids is 1. The van der Waals surface area contributed by atoms with Crippen LogP contribution in [0.25, 0.3) is 0 Å². The summed E-state index contributed by atoms with van der Waals surface area (Å²) in [6, 6.07) is 0. The third kappa shape index (κ3) is 5.04. The number of ether oxygens (including phenoxy) is 2. The van der Waals surface area contributed by atoms with E-state index in [2.05, 4.69) is 5.32 Å². The first-order chi connectivity index (χ1) is 7.78. The molecule has 1 rings (SSSR count). The monoisotopic (exact) mass is 245 g/mol. The zero-order valence-corrected chi connectivity index (χ0v) is 10.4. The molecule has 0 aromatic rings. The van der Waals surface area contributed by atoms with Crippen LogP contribution in [-0.2, 0) is 14.3 Å². The summed E-state index contributed by atoms with van der Waals surface area (Å²) in [4.78, 5) is 22.0. The fourth-order valence-electron chi connectivity index (χ4n) is 1.53. The van der Waals surface area contributed by atoms with Gasteiger partial charge in [0.05, 0.1) is 18.6 Å². The van der Waals surface area contributed by atoms with Gasteiger partial charge < -0.3 is 19.9 Å². The van der Waals surface area contributed by atoms with Gasteiger partial charge in [0.15, 0.2) is 0 Å². The summed E-state index contributed by atoms with van der Waals surface area (Å²) in [6.45, 7) is 5.81. The van der Waals surface area contributed by atoms with Gasteiger partial charge >= 0.3 is 12.1 Å². The maximum Gasteiger partial charge on any atom is 0.407 e. The molecule has 0 aromatic carbocycles. The molecule has 0 saturated carbocycles. The standard InChI is InChI=1S/C11H19NO5/c1-11(2,3)17-10(15)12-5-8-4-7(6-16-8)9(13)14/h7-8H,4-6H2,1-3H3,(H,12,15)(H,13,14)/t7-,8-/m0/s1. The van der Waals surface area contributed by atoms with E-state index in [0.717, 1.165) is 0 Å². The van der Waals surface area contributed by atoms with Gasteiger partial charge in [-0.3, -0.25) is 4.79 Å². The lowest BCUT2D eigenvalue weighted by Gasteiger charge is -2.20. The van der Waals surface area contributed by atoms with Gasteiger partial charge in [0, 0.05) is 6.54 Å². The first-order valence-electron chi connectivity index (χ1n) is 5.59. The predicted molar refractivity (Wildman–Crippen MR) is 59.7 cm³/mol. The summed E-state index contributed by atoms with van der Waals surface area (Å²) in [6.07, 6.45) is -0.339. The van der Waals surface area contributed by atoms with Crippen LogP contribution < -0.4 is 5.32 Å². The lowest BCUT2D eigenvalue weighted by atomic mass is 10.1. The average Bonchev–Trinajstić information content (AvgIpc) is 2.60. The molecular formula is C11H19NO5. The highest BCUT2D eigenvalue weighted by Crippen LogP contribution is 2.19. The molecule has 1 saturated heterocycles. The molecule has 1 aliphatic heterocycles. The SMILES string of the molecule is CC(C)(C)OC(=O)NC[C@@H]1C[C@H](C(=O)O)CO1. The number of hydrogen-bond donors (Lipinski definition) is 2. The van der Waals surface area contributed by atoms with Crippen molar-refractivity contribution in [2.24, 2.45) is 5.92 Å². The second-order valence-electron chi connectivity index (χ2n) is 5.11. The maximum absolute atomic E-state index is 11.3. The molecule has 6 heteroatoms. The van der Waals surface area contributed by atoms with Crippen LogP contribution in [-0.4, -0.2) is 42.0 Å². The summed E-state index contributed by atoms with van der Waals surface area (Å²) in [5.41, 5.74) is -0.537. The zero-order chi connectivity index (χ0) is 13.1. The van der Waals surface area contributed by atoms with E-state index in [1.807, 2.05) is 0 Å². The van der Waals surface area contributed by atoms with Crippen molar-refractivity contribution in [3.8, 4) is 0 Å². The summed E-state index contributed by atoms with van der Waals surface area (Å²) >= 11 is 0. The third-order valence-electron chi connectivity index (χ3n) is 2.30. The first kappa shape index (κ1) is 13.8. The molecule has 2 N–H and O–H groups in total. The van der Waals surface area contributed by atoms with Crippen LogP contribution in [0, 0.1) is 5.92 Å². The van der Waals surface area contributed by atoms with E-state index in [1.54, 1.807) is 20.8 Å². The number of carboxylic acids is 1. The summed E-state index contributed by atoms with van der Waals surface area (Å²) in [7, 11) is 0. The van der Waals surface area contributed by atoms with E-state index in [0.29, 0.717) is 6.42 Å². The lowest BCUT2D eigenvalue weighted by molar-refractivity contribution is -0.141. The first-order valence-corrected chi connectivity index (χ1v) is 5.59. The molecule has 0 spiro atoms. The summed E-state index contributed by atoms with van der Waals surface area (Å²) in [5, 5.41) is 11.3. The molecule has 98 valence electrons. The predicted octanol–water partition coefficient (Wildman–Crippen LogP) is 1.00. The Morgan fingerprint density at radius 3 is 2.59 bits per heavy atom. The second kappa shape index (κ2) is 5.35. The van der Waals surface area contributed by atoms with Gasteiger partial charge in [0.25, 0.3) is 0 Å². The van der Waals surface area contributed by atoms with E-state index in [9.17, 15) is 9.59 Å². The van der Waals surface area contributed by atoms with Crippen molar-refractivity contribution in [1.82, 2.24) is 5.32 Å². The zero-order valence-electron chi connectivity index (χ0n) is 10.4. The van der Waals surface area contributed by atoms with Crippen LogP contribution in [0.15, 0.2) is 0 Å². The number of carboxylic acid groups (broad SMARTS) is 1. The molecule has 0 radical (unpaired) electrons. The summed E-state index contributed by atoms with van der Waals surface area (Å²) in [5.74, 6) is -1.33. The number of aliphatic carboxylic acids is 1. The Kier molecular flexibility index (Phi) is 4.34. The molecule has 1 aliphatic rings.